The van der Waals surface area contributed by atoms with Crippen LogP contribution in [0.25, 0.3) is 11.3 Å². The van der Waals surface area contributed by atoms with Crippen molar-refractivity contribution in [2.24, 2.45) is 0 Å². The summed E-state index contributed by atoms with van der Waals surface area (Å²) in [5.41, 5.74) is 2.40. The number of furan rings is 1. The summed E-state index contributed by atoms with van der Waals surface area (Å²) in [6.45, 7) is 1.84. The van der Waals surface area contributed by atoms with Gasteiger partial charge in [-0.1, -0.05) is 35.0 Å². The standard InChI is InChI=1S/C16H12N2O6/c1-10-2-4-11(5-3-10)14-8-12(17-24-14)9-22-16(19)13-6-7-15(23-13)18(20)21/h2-8H,9H2,1H3. The van der Waals surface area contributed by atoms with Crippen LogP contribution in [0.15, 0.2) is 51.4 Å². The first-order chi connectivity index (χ1) is 11.5. The number of esters is 1. The zero-order chi connectivity index (χ0) is 17.1. The fourth-order valence-corrected chi connectivity index (χ4v) is 1.98. The molecule has 3 aromatic rings. The van der Waals surface area contributed by atoms with Gasteiger partial charge in [-0.2, -0.15) is 0 Å². The van der Waals surface area contributed by atoms with E-state index in [0.717, 1.165) is 17.2 Å². The van der Waals surface area contributed by atoms with E-state index in [-0.39, 0.29) is 12.4 Å². The van der Waals surface area contributed by atoms with Crippen molar-refractivity contribution in [1.29, 1.82) is 0 Å². The Kier molecular flexibility index (Phi) is 4.11. The van der Waals surface area contributed by atoms with Crippen molar-refractivity contribution in [1.82, 2.24) is 5.16 Å². The minimum atomic E-state index is -0.817. The van der Waals surface area contributed by atoms with Gasteiger partial charge >= 0.3 is 11.9 Å². The number of rotatable bonds is 5. The van der Waals surface area contributed by atoms with Gasteiger partial charge in [0.1, 0.15) is 17.2 Å². The van der Waals surface area contributed by atoms with E-state index >= 15 is 0 Å². The Morgan fingerprint density at radius 1 is 1.25 bits per heavy atom. The number of carbonyl (C=O) groups excluding carboxylic acids is 1. The lowest BCUT2D eigenvalue weighted by Crippen LogP contribution is -2.04. The maximum absolute atomic E-state index is 11.8. The number of hydrogen-bond donors (Lipinski definition) is 0. The van der Waals surface area contributed by atoms with Crippen LogP contribution >= 0.6 is 0 Å². The molecule has 3 rings (SSSR count). The molecule has 122 valence electrons. The molecule has 0 aliphatic heterocycles. The molecule has 0 unspecified atom stereocenters. The third kappa shape index (κ3) is 3.32. The van der Waals surface area contributed by atoms with Gasteiger partial charge in [-0.25, -0.2) is 4.79 Å². The minimum absolute atomic E-state index is 0.136. The zero-order valence-electron chi connectivity index (χ0n) is 12.6. The smallest absolute Gasteiger partial charge is 0.433 e. The molecule has 2 aromatic heterocycles. The van der Waals surface area contributed by atoms with Gasteiger partial charge < -0.3 is 13.7 Å². The second-order valence-corrected chi connectivity index (χ2v) is 5.02. The summed E-state index contributed by atoms with van der Waals surface area (Å²) in [5, 5.41) is 14.3. The lowest BCUT2D eigenvalue weighted by Gasteiger charge is -1.98. The molecule has 0 bridgehead atoms. The van der Waals surface area contributed by atoms with Gasteiger partial charge in [0, 0.05) is 11.6 Å². The average molecular weight is 328 g/mol. The van der Waals surface area contributed by atoms with Gasteiger partial charge in [0.15, 0.2) is 5.76 Å². The Hall–Kier alpha value is -3.42. The summed E-state index contributed by atoms with van der Waals surface area (Å²) in [5.74, 6) is -1.04. The highest BCUT2D eigenvalue weighted by Gasteiger charge is 2.19. The fraction of sp³-hybridized carbons (Fsp3) is 0.125. The second kappa shape index (κ2) is 6.37. The van der Waals surface area contributed by atoms with Crippen molar-refractivity contribution in [3.8, 4) is 11.3 Å². The molecule has 8 nitrogen and oxygen atoms in total. The van der Waals surface area contributed by atoms with Gasteiger partial charge in [0.2, 0.25) is 5.76 Å². The van der Waals surface area contributed by atoms with Crippen LogP contribution in [0.5, 0.6) is 0 Å². The highest BCUT2D eigenvalue weighted by Crippen LogP contribution is 2.21. The van der Waals surface area contributed by atoms with Crippen LogP contribution < -0.4 is 0 Å². The molecule has 0 spiro atoms. The molecule has 8 heteroatoms. The Balaban J connectivity index is 1.63. The second-order valence-electron chi connectivity index (χ2n) is 5.02. The Labute approximate surface area is 135 Å². The number of nitrogens with zero attached hydrogens (tertiary/aromatic N) is 2. The molecule has 0 N–H and O–H groups in total. The van der Waals surface area contributed by atoms with E-state index in [0.29, 0.717) is 11.5 Å². The van der Waals surface area contributed by atoms with Crippen LogP contribution in [0.2, 0.25) is 0 Å². The van der Waals surface area contributed by atoms with Crippen molar-refractivity contribution in [2.45, 2.75) is 13.5 Å². The maximum atomic E-state index is 11.8. The number of nitro groups is 1. The lowest BCUT2D eigenvalue weighted by atomic mass is 10.1. The van der Waals surface area contributed by atoms with E-state index < -0.39 is 16.8 Å². The third-order valence-electron chi connectivity index (χ3n) is 3.22. The van der Waals surface area contributed by atoms with Crippen molar-refractivity contribution >= 4 is 11.9 Å². The summed E-state index contributed by atoms with van der Waals surface area (Å²) in [6.07, 6.45) is 0. The third-order valence-corrected chi connectivity index (χ3v) is 3.22. The fourth-order valence-electron chi connectivity index (χ4n) is 1.98. The van der Waals surface area contributed by atoms with Crippen LogP contribution in [0, 0.1) is 17.0 Å². The van der Waals surface area contributed by atoms with E-state index in [1.54, 1.807) is 6.07 Å². The molecule has 0 saturated carbocycles. The van der Waals surface area contributed by atoms with Crippen LogP contribution in [-0.4, -0.2) is 16.0 Å². The molecule has 0 radical (unpaired) electrons. The van der Waals surface area contributed by atoms with Crippen molar-refractivity contribution in [2.75, 3.05) is 0 Å². The number of carbonyl (C=O) groups is 1. The minimum Gasteiger partial charge on any atom is -0.453 e. The molecule has 0 amide bonds. The molecule has 2 heterocycles. The zero-order valence-corrected chi connectivity index (χ0v) is 12.6. The highest BCUT2D eigenvalue weighted by molar-refractivity contribution is 5.86. The molecule has 1 aromatic carbocycles. The van der Waals surface area contributed by atoms with Crippen LogP contribution in [-0.2, 0) is 11.3 Å². The van der Waals surface area contributed by atoms with Gasteiger partial charge in [-0.05, 0) is 13.0 Å². The van der Waals surface area contributed by atoms with Crippen LogP contribution in [0.4, 0.5) is 5.88 Å². The van der Waals surface area contributed by atoms with Gasteiger partial charge in [-0.3, -0.25) is 10.1 Å². The SMILES string of the molecule is Cc1ccc(-c2cc(COC(=O)c3ccc([N+](=O)[O-])o3)no2)cc1. The summed E-state index contributed by atoms with van der Waals surface area (Å²) >= 11 is 0. The van der Waals surface area contributed by atoms with E-state index in [4.69, 9.17) is 13.7 Å². The molecule has 0 saturated heterocycles. The molecular weight excluding hydrogens is 316 g/mol. The molecule has 24 heavy (non-hydrogen) atoms. The van der Waals surface area contributed by atoms with E-state index in [1.807, 2.05) is 31.2 Å². The molecule has 0 fully saturated rings. The first-order valence-corrected chi connectivity index (χ1v) is 6.97. The summed E-state index contributed by atoms with van der Waals surface area (Å²) in [6, 6.07) is 11.6. The number of benzene rings is 1. The topological polar surface area (TPSA) is 109 Å². The van der Waals surface area contributed by atoms with Gasteiger partial charge in [-0.15, -0.1) is 0 Å². The Morgan fingerprint density at radius 3 is 2.67 bits per heavy atom. The van der Waals surface area contributed by atoms with Crippen molar-refractivity contribution in [3.63, 3.8) is 0 Å². The predicted molar refractivity (Wildman–Crippen MR) is 81.2 cm³/mol. The van der Waals surface area contributed by atoms with Crippen LogP contribution in [0.1, 0.15) is 21.8 Å². The predicted octanol–water partition coefficient (Wildman–Crippen LogP) is 3.51. The number of ether oxygens (including phenoxy) is 1. The van der Waals surface area contributed by atoms with E-state index in [1.165, 1.54) is 6.07 Å². The molecular formula is C16H12N2O6. The van der Waals surface area contributed by atoms with Gasteiger partial charge in [0.05, 0.1) is 6.07 Å². The average Bonchev–Trinajstić information content (AvgIpc) is 3.23. The van der Waals surface area contributed by atoms with Crippen molar-refractivity contribution < 1.29 is 23.4 Å². The number of aromatic nitrogens is 1. The Morgan fingerprint density at radius 2 is 2.00 bits per heavy atom. The van der Waals surface area contributed by atoms with E-state index in [9.17, 15) is 14.9 Å². The van der Waals surface area contributed by atoms with Crippen molar-refractivity contribution in [3.05, 3.63) is 69.6 Å². The highest BCUT2D eigenvalue weighted by atomic mass is 16.7. The normalized spacial score (nSPS) is 10.5. The largest absolute Gasteiger partial charge is 0.453 e. The monoisotopic (exact) mass is 328 g/mol. The molecule has 0 atom stereocenters. The maximum Gasteiger partial charge on any atom is 0.433 e. The van der Waals surface area contributed by atoms with Gasteiger partial charge in [0.25, 0.3) is 0 Å². The summed E-state index contributed by atoms with van der Waals surface area (Å²) in [7, 11) is 0. The first kappa shape index (κ1) is 15.5. The quantitative estimate of drug-likeness (QED) is 0.400. The Bertz CT molecular complexity index is 878. The lowest BCUT2D eigenvalue weighted by molar-refractivity contribution is -0.402. The van der Waals surface area contributed by atoms with E-state index in [2.05, 4.69) is 5.16 Å². The molecule has 0 aliphatic rings. The van der Waals surface area contributed by atoms with Crippen LogP contribution in [0.3, 0.4) is 0 Å². The molecule has 0 aliphatic carbocycles. The summed E-state index contributed by atoms with van der Waals surface area (Å²) < 4.78 is 15.0. The first-order valence-electron chi connectivity index (χ1n) is 6.97. The number of hydrogen-bond acceptors (Lipinski definition) is 7. The number of aryl methyl sites for hydroxylation is 1. The summed E-state index contributed by atoms with van der Waals surface area (Å²) in [4.78, 5) is 21.5.